The Morgan fingerprint density at radius 3 is 2.41 bits per heavy atom. The van der Waals surface area contributed by atoms with Crippen molar-refractivity contribution in [1.82, 2.24) is 4.98 Å². The van der Waals surface area contributed by atoms with Gasteiger partial charge in [0, 0.05) is 21.8 Å². The minimum Gasteiger partial charge on any atom is -0.289 e. The smallest absolute Gasteiger partial charge is 0.195 e. The number of nitrogens with zero attached hydrogens (tertiary/aromatic N) is 1. The lowest BCUT2D eigenvalue weighted by molar-refractivity contribution is 0.104. The maximum absolute atomic E-state index is 13.5. The Bertz CT molecular complexity index is 1290. The Hall–Kier alpha value is -3.30. The van der Waals surface area contributed by atoms with Crippen molar-refractivity contribution in [3.8, 4) is 10.6 Å². The minimum absolute atomic E-state index is 0.0406. The van der Waals surface area contributed by atoms with E-state index in [0.29, 0.717) is 5.56 Å². The van der Waals surface area contributed by atoms with Crippen molar-refractivity contribution in [2.45, 2.75) is 0 Å². The van der Waals surface area contributed by atoms with Crippen LogP contribution in [0.25, 0.3) is 31.4 Å². The molecule has 0 aliphatic carbocycles. The first-order valence-corrected chi connectivity index (χ1v) is 9.59. The lowest BCUT2D eigenvalue weighted by atomic mass is 9.97. The predicted molar refractivity (Wildman–Crippen MR) is 112 cm³/mol. The number of hydrogen-bond acceptors (Lipinski definition) is 3. The van der Waals surface area contributed by atoms with Crippen LogP contribution in [0, 0.1) is 0 Å². The van der Waals surface area contributed by atoms with Crippen LogP contribution in [-0.2, 0) is 0 Å². The number of rotatable bonds is 3. The van der Waals surface area contributed by atoms with Crippen LogP contribution in [0.4, 0.5) is 0 Å². The van der Waals surface area contributed by atoms with Gasteiger partial charge in [-0.3, -0.25) is 9.78 Å². The summed E-state index contributed by atoms with van der Waals surface area (Å²) >= 11 is 1.62. The Balaban J connectivity index is 1.74. The minimum atomic E-state index is 0.0406. The molecule has 0 saturated carbocycles. The monoisotopic (exact) mass is 365 g/mol. The van der Waals surface area contributed by atoms with Gasteiger partial charge in [-0.15, -0.1) is 11.3 Å². The van der Waals surface area contributed by atoms with Crippen molar-refractivity contribution in [3.05, 3.63) is 102 Å². The lowest BCUT2D eigenvalue weighted by Crippen LogP contribution is -2.02. The highest BCUT2D eigenvalue weighted by atomic mass is 32.1. The second-order valence-electron chi connectivity index (χ2n) is 6.41. The van der Waals surface area contributed by atoms with Gasteiger partial charge in [0.2, 0.25) is 0 Å². The second kappa shape index (κ2) is 6.45. The number of aromatic nitrogens is 1. The van der Waals surface area contributed by atoms with Gasteiger partial charge in [0.1, 0.15) is 0 Å². The standard InChI is InChI=1S/C24H15NOS/c26-23(18-13-12-16-7-1-2-8-17(16)15-18)22-19-9-3-4-11-21(19)27-24(22)20-10-5-6-14-25-20/h1-15H. The molecule has 2 aromatic heterocycles. The van der Waals surface area contributed by atoms with Gasteiger partial charge in [-0.1, -0.05) is 60.7 Å². The van der Waals surface area contributed by atoms with Crippen LogP contribution in [0.15, 0.2) is 91.1 Å². The Labute approximate surface area is 160 Å². The molecule has 2 heterocycles. The molecule has 0 aliphatic rings. The van der Waals surface area contributed by atoms with Gasteiger partial charge in [-0.05, 0) is 35.0 Å². The van der Waals surface area contributed by atoms with E-state index in [0.717, 1.165) is 37.0 Å². The largest absolute Gasteiger partial charge is 0.289 e. The summed E-state index contributed by atoms with van der Waals surface area (Å²) in [6.45, 7) is 0. The number of pyridine rings is 1. The number of benzene rings is 3. The molecule has 5 aromatic rings. The SMILES string of the molecule is O=C(c1ccc2ccccc2c1)c1c(-c2ccccn2)sc2ccccc12. The summed E-state index contributed by atoms with van der Waals surface area (Å²) in [5.41, 5.74) is 2.28. The summed E-state index contributed by atoms with van der Waals surface area (Å²) in [6.07, 6.45) is 1.77. The Morgan fingerprint density at radius 1 is 0.778 bits per heavy atom. The molecular formula is C24H15NOS. The molecule has 0 radical (unpaired) electrons. The quantitative estimate of drug-likeness (QED) is 0.349. The van der Waals surface area contributed by atoms with Crippen molar-refractivity contribution >= 4 is 38.0 Å². The number of carbonyl (C=O) groups excluding carboxylic acids is 1. The predicted octanol–water partition coefficient (Wildman–Crippen LogP) is 6.35. The molecule has 0 bridgehead atoms. The highest BCUT2D eigenvalue weighted by Gasteiger charge is 2.22. The molecule has 0 spiro atoms. The molecule has 0 amide bonds. The summed E-state index contributed by atoms with van der Waals surface area (Å²) in [7, 11) is 0. The van der Waals surface area contributed by atoms with E-state index in [1.165, 1.54) is 0 Å². The van der Waals surface area contributed by atoms with Gasteiger partial charge < -0.3 is 0 Å². The molecule has 0 saturated heterocycles. The van der Waals surface area contributed by atoms with E-state index in [1.54, 1.807) is 17.5 Å². The van der Waals surface area contributed by atoms with E-state index >= 15 is 0 Å². The zero-order valence-electron chi connectivity index (χ0n) is 14.4. The van der Waals surface area contributed by atoms with Crippen molar-refractivity contribution < 1.29 is 4.79 Å². The van der Waals surface area contributed by atoms with E-state index in [2.05, 4.69) is 17.1 Å². The fourth-order valence-electron chi connectivity index (χ4n) is 3.42. The molecule has 0 fully saturated rings. The molecule has 5 rings (SSSR count). The van der Waals surface area contributed by atoms with Crippen LogP contribution >= 0.6 is 11.3 Å². The van der Waals surface area contributed by atoms with Crippen LogP contribution < -0.4 is 0 Å². The van der Waals surface area contributed by atoms with Gasteiger partial charge >= 0.3 is 0 Å². The summed E-state index contributed by atoms with van der Waals surface area (Å²) in [5, 5.41) is 3.19. The number of carbonyl (C=O) groups is 1. The molecule has 27 heavy (non-hydrogen) atoms. The molecular weight excluding hydrogens is 350 g/mol. The maximum atomic E-state index is 13.5. The first-order valence-electron chi connectivity index (χ1n) is 8.78. The highest BCUT2D eigenvalue weighted by Crippen LogP contribution is 2.39. The normalized spacial score (nSPS) is 11.1. The van der Waals surface area contributed by atoms with E-state index in [-0.39, 0.29) is 5.78 Å². The van der Waals surface area contributed by atoms with Crippen LogP contribution in [0.5, 0.6) is 0 Å². The van der Waals surface area contributed by atoms with E-state index < -0.39 is 0 Å². The second-order valence-corrected chi connectivity index (χ2v) is 7.46. The Morgan fingerprint density at radius 2 is 1.56 bits per heavy atom. The van der Waals surface area contributed by atoms with E-state index in [4.69, 9.17) is 0 Å². The number of hydrogen-bond donors (Lipinski definition) is 0. The van der Waals surface area contributed by atoms with Crippen LogP contribution in [0.2, 0.25) is 0 Å². The van der Waals surface area contributed by atoms with Crippen molar-refractivity contribution in [1.29, 1.82) is 0 Å². The van der Waals surface area contributed by atoms with E-state index in [1.807, 2.05) is 72.8 Å². The first kappa shape index (κ1) is 15.9. The van der Waals surface area contributed by atoms with Gasteiger partial charge in [0.05, 0.1) is 16.1 Å². The molecule has 0 unspecified atom stereocenters. The summed E-state index contributed by atoms with van der Waals surface area (Å²) in [4.78, 5) is 19.0. The topological polar surface area (TPSA) is 30.0 Å². The van der Waals surface area contributed by atoms with Gasteiger partial charge in [-0.2, -0.15) is 0 Å². The van der Waals surface area contributed by atoms with Crippen molar-refractivity contribution in [2.24, 2.45) is 0 Å². The summed E-state index contributed by atoms with van der Waals surface area (Å²) < 4.78 is 1.10. The first-order chi connectivity index (χ1) is 13.3. The third-order valence-electron chi connectivity index (χ3n) is 4.73. The molecule has 2 nitrogen and oxygen atoms in total. The average Bonchev–Trinajstić information content (AvgIpc) is 3.13. The molecule has 0 aliphatic heterocycles. The third-order valence-corrected chi connectivity index (χ3v) is 5.93. The van der Waals surface area contributed by atoms with Crippen LogP contribution in [0.3, 0.4) is 0 Å². The zero-order chi connectivity index (χ0) is 18.2. The molecule has 0 N–H and O–H groups in total. The average molecular weight is 365 g/mol. The van der Waals surface area contributed by atoms with Crippen LogP contribution in [0.1, 0.15) is 15.9 Å². The number of thiophene rings is 1. The fourth-order valence-corrected chi connectivity index (χ4v) is 4.60. The molecule has 3 heteroatoms. The number of fused-ring (bicyclic) bond motifs is 2. The van der Waals surface area contributed by atoms with Gasteiger partial charge in [0.25, 0.3) is 0 Å². The van der Waals surface area contributed by atoms with Gasteiger partial charge in [-0.25, -0.2) is 0 Å². The number of ketones is 1. The third kappa shape index (κ3) is 2.73. The summed E-state index contributed by atoms with van der Waals surface area (Å²) in [5.74, 6) is 0.0406. The van der Waals surface area contributed by atoms with Crippen molar-refractivity contribution in [2.75, 3.05) is 0 Å². The van der Waals surface area contributed by atoms with Crippen molar-refractivity contribution in [3.63, 3.8) is 0 Å². The van der Waals surface area contributed by atoms with Crippen LogP contribution in [-0.4, -0.2) is 10.8 Å². The van der Waals surface area contributed by atoms with E-state index in [9.17, 15) is 4.79 Å². The lowest BCUT2D eigenvalue weighted by Gasteiger charge is -2.06. The maximum Gasteiger partial charge on any atom is 0.195 e. The zero-order valence-corrected chi connectivity index (χ0v) is 15.2. The fraction of sp³-hybridized carbons (Fsp3) is 0. The Kier molecular flexibility index (Phi) is 3.80. The molecule has 128 valence electrons. The highest BCUT2D eigenvalue weighted by molar-refractivity contribution is 7.22. The molecule has 3 aromatic carbocycles. The molecule has 0 atom stereocenters. The summed E-state index contributed by atoms with van der Waals surface area (Å²) in [6, 6.07) is 27.9. The van der Waals surface area contributed by atoms with Gasteiger partial charge in [0.15, 0.2) is 5.78 Å².